The number of benzene rings is 4. The lowest BCUT2D eigenvalue weighted by Gasteiger charge is -2.10. The van der Waals surface area contributed by atoms with E-state index in [1.165, 1.54) is 0 Å². The van der Waals surface area contributed by atoms with Gasteiger partial charge in [-0.15, -0.1) is 0 Å². The molecule has 0 atom stereocenters. The number of carbonyl (C=O) groups is 2. The SMILES string of the molecule is C=Cc1ccccc1C(=O)Nc1ccc(-c2ccc(NC(=O)c3ccccc3C=C)cc2)cc1. The summed E-state index contributed by atoms with van der Waals surface area (Å²) in [4.78, 5) is 25.2. The zero-order valence-corrected chi connectivity index (χ0v) is 18.6. The molecule has 0 heterocycles. The Morgan fingerprint density at radius 3 is 1.24 bits per heavy atom. The van der Waals surface area contributed by atoms with Crippen molar-refractivity contribution < 1.29 is 9.59 Å². The van der Waals surface area contributed by atoms with Crippen LogP contribution in [0, 0.1) is 0 Å². The fourth-order valence-corrected chi connectivity index (χ4v) is 3.65. The van der Waals surface area contributed by atoms with Crippen LogP contribution in [0.2, 0.25) is 0 Å². The highest BCUT2D eigenvalue weighted by atomic mass is 16.2. The fraction of sp³-hybridized carbons (Fsp3) is 0. The average Bonchev–Trinajstić information content (AvgIpc) is 2.89. The van der Waals surface area contributed by atoms with Gasteiger partial charge in [-0.05, 0) is 58.7 Å². The monoisotopic (exact) mass is 444 g/mol. The van der Waals surface area contributed by atoms with Gasteiger partial charge in [-0.2, -0.15) is 0 Å². The number of hydrogen-bond acceptors (Lipinski definition) is 2. The van der Waals surface area contributed by atoms with Crippen molar-refractivity contribution >= 4 is 35.3 Å². The summed E-state index contributed by atoms with van der Waals surface area (Å²) in [6.45, 7) is 7.53. The third-order valence-electron chi connectivity index (χ3n) is 5.47. The number of amides is 2. The van der Waals surface area contributed by atoms with Crippen LogP contribution in [0.4, 0.5) is 11.4 Å². The lowest BCUT2D eigenvalue weighted by atomic mass is 10.0. The summed E-state index contributed by atoms with van der Waals surface area (Å²) in [6.07, 6.45) is 3.34. The van der Waals surface area contributed by atoms with Gasteiger partial charge in [-0.1, -0.05) is 86.0 Å². The zero-order chi connectivity index (χ0) is 23.9. The average molecular weight is 445 g/mol. The van der Waals surface area contributed by atoms with E-state index in [0.717, 1.165) is 22.3 Å². The quantitative estimate of drug-likeness (QED) is 0.318. The van der Waals surface area contributed by atoms with Crippen LogP contribution in [0.15, 0.2) is 110 Å². The molecule has 0 saturated carbocycles. The van der Waals surface area contributed by atoms with Crippen LogP contribution in [0.25, 0.3) is 23.3 Å². The van der Waals surface area contributed by atoms with Crippen LogP contribution in [-0.4, -0.2) is 11.8 Å². The number of anilines is 2. The third-order valence-corrected chi connectivity index (χ3v) is 5.47. The molecule has 4 heteroatoms. The van der Waals surface area contributed by atoms with Gasteiger partial charge < -0.3 is 10.6 Å². The van der Waals surface area contributed by atoms with Crippen LogP contribution in [-0.2, 0) is 0 Å². The van der Waals surface area contributed by atoms with Gasteiger partial charge >= 0.3 is 0 Å². The summed E-state index contributed by atoms with van der Waals surface area (Å²) >= 11 is 0. The third kappa shape index (κ3) is 5.03. The molecular weight excluding hydrogens is 420 g/mol. The van der Waals surface area contributed by atoms with Crippen LogP contribution in [0.5, 0.6) is 0 Å². The molecule has 0 radical (unpaired) electrons. The molecule has 4 aromatic carbocycles. The van der Waals surface area contributed by atoms with Gasteiger partial charge in [0.25, 0.3) is 11.8 Å². The standard InChI is InChI=1S/C30H24N2O2/c1-3-21-9-5-7-11-27(21)29(33)31-25-17-13-23(14-18-25)24-15-19-26(20-16-24)32-30(34)28-12-8-6-10-22(28)4-2/h3-20H,1-2H2,(H,31,33)(H,32,34). The minimum atomic E-state index is -0.179. The molecule has 0 unspecified atom stereocenters. The Morgan fingerprint density at radius 1 is 0.529 bits per heavy atom. The molecule has 0 fully saturated rings. The van der Waals surface area contributed by atoms with E-state index in [4.69, 9.17) is 0 Å². The Kier molecular flexibility index (Phi) is 6.80. The first kappa shape index (κ1) is 22.5. The van der Waals surface area contributed by atoms with Gasteiger partial charge in [-0.25, -0.2) is 0 Å². The number of hydrogen-bond donors (Lipinski definition) is 2. The number of nitrogens with one attached hydrogen (secondary N) is 2. The molecule has 34 heavy (non-hydrogen) atoms. The lowest BCUT2D eigenvalue weighted by molar-refractivity contribution is 0.101. The Hall–Kier alpha value is -4.70. The van der Waals surface area contributed by atoms with Crippen molar-refractivity contribution in [1.82, 2.24) is 0 Å². The maximum Gasteiger partial charge on any atom is 0.256 e. The minimum absolute atomic E-state index is 0.179. The second-order valence-electron chi connectivity index (χ2n) is 7.65. The molecule has 4 nitrogen and oxygen atoms in total. The molecule has 4 aromatic rings. The van der Waals surface area contributed by atoms with Crippen molar-refractivity contribution in [2.24, 2.45) is 0 Å². The van der Waals surface area contributed by atoms with Crippen molar-refractivity contribution in [3.8, 4) is 11.1 Å². The molecule has 166 valence electrons. The van der Waals surface area contributed by atoms with E-state index in [-0.39, 0.29) is 11.8 Å². The molecule has 2 amide bonds. The summed E-state index contributed by atoms with van der Waals surface area (Å²) < 4.78 is 0. The highest BCUT2D eigenvalue weighted by molar-refractivity contribution is 6.07. The van der Waals surface area contributed by atoms with Gasteiger partial charge in [0.05, 0.1) is 0 Å². The van der Waals surface area contributed by atoms with Gasteiger partial charge in [0.2, 0.25) is 0 Å². The van der Waals surface area contributed by atoms with Crippen LogP contribution < -0.4 is 10.6 Å². The smallest absolute Gasteiger partial charge is 0.256 e. The Balaban J connectivity index is 1.43. The molecule has 2 N–H and O–H groups in total. The zero-order valence-electron chi connectivity index (χ0n) is 18.6. The summed E-state index contributed by atoms with van der Waals surface area (Å²) in [5.41, 5.74) is 6.15. The Labute approximate surface area is 199 Å². The molecule has 0 spiro atoms. The van der Waals surface area contributed by atoms with Crippen molar-refractivity contribution in [1.29, 1.82) is 0 Å². The summed E-state index contributed by atoms with van der Waals surface area (Å²) in [6, 6.07) is 29.9. The summed E-state index contributed by atoms with van der Waals surface area (Å²) in [5, 5.41) is 5.85. The first-order valence-electron chi connectivity index (χ1n) is 10.8. The van der Waals surface area contributed by atoms with Gasteiger partial charge in [0.15, 0.2) is 0 Å². The second-order valence-corrected chi connectivity index (χ2v) is 7.65. The highest BCUT2D eigenvalue weighted by Gasteiger charge is 2.11. The summed E-state index contributed by atoms with van der Waals surface area (Å²) in [5.74, 6) is -0.359. The minimum Gasteiger partial charge on any atom is -0.322 e. The Bertz CT molecular complexity index is 1250. The van der Waals surface area contributed by atoms with Crippen molar-refractivity contribution in [2.75, 3.05) is 10.6 Å². The predicted molar refractivity (Wildman–Crippen MR) is 141 cm³/mol. The van der Waals surface area contributed by atoms with Gasteiger partial charge in [-0.3, -0.25) is 9.59 Å². The molecular formula is C30H24N2O2. The van der Waals surface area contributed by atoms with Gasteiger partial charge in [0.1, 0.15) is 0 Å². The first-order chi connectivity index (χ1) is 16.6. The van der Waals surface area contributed by atoms with Crippen molar-refractivity contribution in [2.45, 2.75) is 0 Å². The van der Waals surface area contributed by atoms with E-state index >= 15 is 0 Å². The van der Waals surface area contributed by atoms with E-state index in [1.807, 2.05) is 84.9 Å². The van der Waals surface area contributed by atoms with Crippen molar-refractivity contribution in [3.63, 3.8) is 0 Å². The van der Waals surface area contributed by atoms with E-state index in [0.29, 0.717) is 22.5 Å². The lowest BCUT2D eigenvalue weighted by Crippen LogP contribution is -2.13. The first-order valence-corrected chi connectivity index (χ1v) is 10.8. The normalized spacial score (nSPS) is 10.2. The second kappa shape index (κ2) is 10.3. The molecule has 0 aliphatic carbocycles. The van der Waals surface area contributed by atoms with Crippen molar-refractivity contribution in [3.05, 3.63) is 132 Å². The number of rotatable bonds is 7. The maximum atomic E-state index is 12.6. The van der Waals surface area contributed by atoms with E-state index in [1.54, 1.807) is 24.3 Å². The van der Waals surface area contributed by atoms with E-state index < -0.39 is 0 Å². The van der Waals surface area contributed by atoms with Crippen LogP contribution in [0.1, 0.15) is 31.8 Å². The van der Waals surface area contributed by atoms with E-state index in [2.05, 4.69) is 23.8 Å². The number of carbonyl (C=O) groups excluding carboxylic acids is 2. The molecule has 0 aliphatic rings. The Morgan fingerprint density at radius 2 is 0.882 bits per heavy atom. The maximum absolute atomic E-state index is 12.6. The van der Waals surface area contributed by atoms with Crippen LogP contribution in [0.3, 0.4) is 0 Å². The topological polar surface area (TPSA) is 58.2 Å². The van der Waals surface area contributed by atoms with Crippen LogP contribution >= 0.6 is 0 Å². The molecule has 0 aromatic heterocycles. The molecule has 0 bridgehead atoms. The molecule has 4 rings (SSSR count). The van der Waals surface area contributed by atoms with Gasteiger partial charge in [0, 0.05) is 22.5 Å². The predicted octanol–water partition coefficient (Wildman–Crippen LogP) is 7.14. The molecule has 0 aliphatic heterocycles. The van der Waals surface area contributed by atoms with E-state index in [9.17, 15) is 9.59 Å². The molecule has 0 saturated heterocycles. The summed E-state index contributed by atoms with van der Waals surface area (Å²) in [7, 11) is 0. The largest absolute Gasteiger partial charge is 0.322 e. The fourth-order valence-electron chi connectivity index (χ4n) is 3.65. The highest BCUT2D eigenvalue weighted by Crippen LogP contribution is 2.24.